The highest BCUT2D eigenvalue weighted by Crippen LogP contribution is 2.61. The topological polar surface area (TPSA) is 18.5 Å². The first-order valence-corrected chi connectivity index (χ1v) is 12.9. The number of allylic oxidation sites excluding steroid dienone is 4. The molecule has 0 bridgehead atoms. The summed E-state index contributed by atoms with van der Waals surface area (Å²) in [7, 11) is 3.53. The molecule has 0 fully saturated rings. The van der Waals surface area contributed by atoms with E-state index in [0.717, 1.165) is 37.2 Å². The van der Waals surface area contributed by atoms with Crippen LogP contribution in [0.3, 0.4) is 0 Å². The van der Waals surface area contributed by atoms with E-state index in [1.807, 2.05) is 0 Å². The highest BCUT2D eigenvalue weighted by molar-refractivity contribution is 6.12. The maximum atomic E-state index is 5.65. The Morgan fingerprint density at radius 2 is 1.03 bits per heavy atom. The van der Waals surface area contributed by atoms with Crippen LogP contribution in [0.4, 0.5) is 0 Å². The minimum Gasteiger partial charge on any atom is -0.497 e. The average Bonchev–Trinajstić information content (AvgIpc) is 3.13. The number of hydrogen-bond donors (Lipinski definition) is 0. The Morgan fingerprint density at radius 1 is 0.571 bits per heavy atom. The van der Waals surface area contributed by atoms with E-state index < -0.39 is 0 Å². The normalized spacial score (nSPS) is 22.3. The van der Waals surface area contributed by atoms with Crippen molar-refractivity contribution in [1.29, 1.82) is 0 Å². The van der Waals surface area contributed by atoms with Gasteiger partial charge in [-0.3, -0.25) is 0 Å². The average molecular weight is 463 g/mol. The molecule has 0 aliphatic heterocycles. The van der Waals surface area contributed by atoms with Crippen molar-refractivity contribution in [3.8, 4) is 11.5 Å². The molecule has 3 aliphatic carbocycles. The van der Waals surface area contributed by atoms with E-state index in [2.05, 4.69) is 74.5 Å². The Kier molecular flexibility index (Phi) is 5.36. The Balaban J connectivity index is 1.65. The molecule has 0 radical (unpaired) electrons. The standard InChI is InChI=1S/C33H34O2/c1-33(2)31(27-13-7-9-21-15-17-23(34-3)19-29(21)27)25-11-5-6-12-26(25)32(33)28-14-8-10-22-16-18-24(35-4)20-30(22)28/h5-6,11-12,15-20H,7-10,13-14H2,1-4H3/b31-27+,32-28+. The molecule has 0 atom stereocenters. The van der Waals surface area contributed by atoms with Gasteiger partial charge in [-0.15, -0.1) is 0 Å². The number of aryl methyl sites for hydroxylation is 2. The molecule has 178 valence electrons. The second kappa shape index (κ2) is 8.45. The third kappa shape index (κ3) is 3.45. The van der Waals surface area contributed by atoms with Crippen LogP contribution >= 0.6 is 0 Å². The predicted molar refractivity (Wildman–Crippen MR) is 146 cm³/mol. The molecule has 0 amide bonds. The molecule has 3 aromatic rings. The largest absolute Gasteiger partial charge is 0.497 e. The number of benzene rings is 3. The van der Waals surface area contributed by atoms with Crippen molar-refractivity contribution in [2.45, 2.75) is 52.4 Å². The van der Waals surface area contributed by atoms with Crippen molar-refractivity contribution < 1.29 is 9.47 Å². The smallest absolute Gasteiger partial charge is 0.119 e. The van der Waals surface area contributed by atoms with Crippen molar-refractivity contribution in [2.24, 2.45) is 5.41 Å². The van der Waals surface area contributed by atoms with E-state index in [9.17, 15) is 0 Å². The summed E-state index contributed by atoms with van der Waals surface area (Å²) in [6.45, 7) is 4.89. The Hall–Kier alpha value is -3.26. The van der Waals surface area contributed by atoms with Crippen molar-refractivity contribution in [3.05, 3.63) is 94.0 Å². The maximum Gasteiger partial charge on any atom is 0.119 e. The van der Waals surface area contributed by atoms with E-state index in [0.29, 0.717) is 0 Å². The van der Waals surface area contributed by atoms with Gasteiger partial charge in [0.05, 0.1) is 14.2 Å². The fourth-order valence-electron chi connectivity index (χ4n) is 6.86. The zero-order valence-corrected chi connectivity index (χ0v) is 21.3. The second-order valence-electron chi connectivity index (χ2n) is 10.6. The third-order valence-corrected chi connectivity index (χ3v) is 8.35. The lowest BCUT2D eigenvalue weighted by atomic mass is 9.71. The zero-order chi connectivity index (χ0) is 24.2. The zero-order valence-electron chi connectivity index (χ0n) is 21.3. The Bertz CT molecular complexity index is 1280. The molecule has 0 saturated carbocycles. The van der Waals surface area contributed by atoms with Gasteiger partial charge in [-0.05, 0) is 118 Å². The fourth-order valence-corrected chi connectivity index (χ4v) is 6.86. The molecule has 0 saturated heterocycles. The first-order valence-electron chi connectivity index (χ1n) is 12.9. The monoisotopic (exact) mass is 462 g/mol. The SMILES string of the molecule is COc1ccc2c(c1)/C(=C1\c3ccccc3/C(=C3/CCCc4ccc(OC)cc43)C1(C)C)CCC2. The minimum absolute atomic E-state index is 0.0935. The molecule has 0 unspecified atom stereocenters. The van der Waals surface area contributed by atoms with Crippen LogP contribution in [0.5, 0.6) is 11.5 Å². The summed E-state index contributed by atoms with van der Waals surface area (Å²) in [5.41, 5.74) is 14.4. The molecule has 0 spiro atoms. The van der Waals surface area contributed by atoms with Gasteiger partial charge in [0.1, 0.15) is 11.5 Å². The maximum absolute atomic E-state index is 5.65. The predicted octanol–water partition coefficient (Wildman–Crippen LogP) is 8.24. The first kappa shape index (κ1) is 22.2. The van der Waals surface area contributed by atoms with Gasteiger partial charge in [-0.1, -0.05) is 50.2 Å². The molecule has 0 N–H and O–H groups in total. The van der Waals surface area contributed by atoms with E-state index in [-0.39, 0.29) is 5.41 Å². The van der Waals surface area contributed by atoms with Crippen LogP contribution in [0, 0.1) is 5.41 Å². The Labute approximate surface area is 209 Å². The fraction of sp³-hybridized carbons (Fsp3) is 0.333. The molecule has 0 heterocycles. The van der Waals surface area contributed by atoms with Crippen LogP contribution in [-0.2, 0) is 12.8 Å². The summed E-state index contributed by atoms with van der Waals surface area (Å²) in [5.74, 6) is 1.89. The highest BCUT2D eigenvalue weighted by Gasteiger charge is 2.43. The lowest BCUT2D eigenvalue weighted by Crippen LogP contribution is -2.16. The molecular weight excluding hydrogens is 428 g/mol. The van der Waals surface area contributed by atoms with Crippen LogP contribution in [0.25, 0.3) is 22.3 Å². The number of fused-ring (bicyclic) bond motifs is 3. The van der Waals surface area contributed by atoms with Gasteiger partial charge in [0.25, 0.3) is 0 Å². The van der Waals surface area contributed by atoms with Gasteiger partial charge in [0.2, 0.25) is 0 Å². The molecule has 2 heteroatoms. The van der Waals surface area contributed by atoms with E-state index in [1.165, 1.54) is 68.5 Å². The number of methoxy groups -OCH3 is 2. The van der Waals surface area contributed by atoms with Gasteiger partial charge < -0.3 is 9.47 Å². The highest BCUT2D eigenvalue weighted by atomic mass is 16.5. The summed E-state index contributed by atoms with van der Waals surface area (Å²) in [6, 6.07) is 22.4. The summed E-state index contributed by atoms with van der Waals surface area (Å²) in [4.78, 5) is 0. The van der Waals surface area contributed by atoms with Gasteiger partial charge in [0, 0.05) is 5.41 Å². The van der Waals surface area contributed by atoms with Gasteiger partial charge >= 0.3 is 0 Å². The molecule has 3 aromatic carbocycles. The summed E-state index contributed by atoms with van der Waals surface area (Å²) in [5, 5.41) is 0. The first-order chi connectivity index (χ1) is 17.0. The molecule has 6 rings (SSSR count). The van der Waals surface area contributed by atoms with Gasteiger partial charge in [-0.25, -0.2) is 0 Å². The third-order valence-electron chi connectivity index (χ3n) is 8.35. The van der Waals surface area contributed by atoms with Crippen LogP contribution < -0.4 is 9.47 Å². The van der Waals surface area contributed by atoms with Crippen LogP contribution in [0.15, 0.2) is 60.7 Å². The number of ether oxygens (including phenoxy) is 2. The minimum atomic E-state index is -0.0935. The van der Waals surface area contributed by atoms with E-state index >= 15 is 0 Å². The lowest BCUT2D eigenvalue weighted by molar-refractivity contribution is 0.414. The van der Waals surface area contributed by atoms with E-state index in [1.54, 1.807) is 14.2 Å². The van der Waals surface area contributed by atoms with Crippen LogP contribution in [0.1, 0.15) is 72.9 Å². The van der Waals surface area contributed by atoms with Gasteiger partial charge in [0.15, 0.2) is 0 Å². The van der Waals surface area contributed by atoms with Crippen LogP contribution in [0.2, 0.25) is 0 Å². The molecule has 0 aromatic heterocycles. The van der Waals surface area contributed by atoms with Crippen LogP contribution in [-0.4, -0.2) is 14.2 Å². The molecule has 35 heavy (non-hydrogen) atoms. The van der Waals surface area contributed by atoms with Crippen molar-refractivity contribution in [2.75, 3.05) is 14.2 Å². The lowest BCUT2D eigenvalue weighted by Gasteiger charge is -2.32. The molecule has 3 aliphatic rings. The van der Waals surface area contributed by atoms with Crippen molar-refractivity contribution >= 4 is 22.3 Å². The summed E-state index contributed by atoms with van der Waals surface area (Å²) < 4.78 is 11.3. The molecule has 2 nitrogen and oxygen atoms in total. The summed E-state index contributed by atoms with van der Waals surface area (Å²) in [6.07, 6.45) is 6.89. The summed E-state index contributed by atoms with van der Waals surface area (Å²) >= 11 is 0. The van der Waals surface area contributed by atoms with Crippen molar-refractivity contribution in [1.82, 2.24) is 0 Å². The van der Waals surface area contributed by atoms with E-state index in [4.69, 9.17) is 9.47 Å². The number of hydrogen-bond acceptors (Lipinski definition) is 2. The molecular formula is C33H34O2. The van der Waals surface area contributed by atoms with Crippen molar-refractivity contribution in [3.63, 3.8) is 0 Å². The number of rotatable bonds is 2. The quantitative estimate of drug-likeness (QED) is 0.382. The second-order valence-corrected chi connectivity index (χ2v) is 10.6. The van der Waals surface area contributed by atoms with Gasteiger partial charge in [-0.2, -0.15) is 0 Å². The Morgan fingerprint density at radius 3 is 1.46 bits per heavy atom.